The quantitative estimate of drug-likeness (QED) is 0.152. The third-order valence-corrected chi connectivity index (χ3v) is 9.60. The molecule has 2 aliphatic rings. The van der Waals surface area contributed by atoms with Crippen LogP contribution in [-0.4, -0.2) is 19.8 Å². The van der Waals surface area contributed by atoms with Gasteiger partial charge in [-0.15, -0.1) is 0 Å². The third kappa shape index (κ3) is 3.27. The zero-order valence-corrected chi connectivity index (χ0v) is 24.2. The Bertz CT molecular complexity index is 2640. The van der Waals surface area contributed by atoms with Crippen LogP contribution in [0.3, 0.4) is 0 Å². The lowest BCUT2D eigenvalue weighted by Gasteiger charge is -2.28. The number of hydrogen-bond donors (Lipinski definition) is 0. The standard InChI is InChI=1S/C40H26N4O/c45-40-30-17-5-4-16-29(30)37(25-12-2-1-3-13-25)38-39-41-31-24-26(22-23-34(31)43(39)35-20-10-11-21-36(35)44(38)40)42-32-18-8-6-14-27(32)28-15-7-9-19-33(28)42/h1-24,27,32H. The molecular weight excluding hydrogens is 552 g/mol. The molecular formula is C40H26N4O. The number of aromatic nitrogens is 3. The van der Waals surface area contributed by atoms with Gasteiger partial charge in [0.05, 0.1) is 28.1 Å². The first-order valence-corrected chi connectivity index (χ1v) is 15.4. The molecule has 0 fully saturated rings. The highest BCUT2D eigenvalue weighted by molar-refractivity contribution is 6.10. The monoisotopic (exact) mass is 578 g/mol. The van der Waals surface area contributed by atoms with Crippen molar-refractivity contribution in [1.29, 1.82) is 0 Å². The number of anilines is 2. The van der Waals surface area contributed by atoms with E-state index in [-0.39, 0.29) is 11.6 Å². The maximum absolute atomic E-state index is 14.3. The van der Waals surface area contributed by atoms with Crippen molar-refractivity contribution in [1.82, 2.24) is 13.8 Å². The molecule has 10 rings (SSSR count). The molecule has 45 heavy (non-hydrogen) atoms. The number of nitrogens with zero attached hydrogens (tertiary/aromatic N) is 4. The first-order chi connectivity index (χ1) is 22.3. The van der Waals surface area contributed by atoms with Gasteiger partial charge in [-0.1, -0.05) is 103 Å². The molecule has 0 bridgehead atoms. The summed E-state index contributed by atoms with van der Waals surface area (Å²) in [5.74, 6) is 0.310. The molecule has 5 aromatic carbocycles. The van der Waals surface area contributed by atoms with E-state index in [2.05, 4.69) is 100 Å². The van der Waals surface area contributed by atoms with Crippen LogP contribution in [-0.2, 0) is 0 Å². The Labute approximate surface area is 258 Å². The Balaban J connectivity index is 1.34. The number of para-hydroxylation sites is 3. The van der Waals surface area contributed by atoms with E-state index in [1.54, 1.807) is 0 Å². The van der Waals surface area contributed by atoms with Crippen LogP contribution in [0.1, 0.15) is 11.5 Å². The van der Waals surface area contributed by atoms with Gasteiger partial charge in [-0.2, -0.15) is 0 Å². The van der Waals surface area contributed by atoms with Crippen LogP contribution in [0, 0.1) is 0 Å². The molecule has 5 heteroatoms. The minimum atomic E-state index is -0.0383. The lowest BCUT2D eigenvalue weighted by molar-refractivity contribution is 0.745. The van der Waals surface area contributed by atoms with Crippen molar-refractivity contribution in [2.45, 2.75) is 12.0 Å². The van der Waals surface area contributed by atoms with E-state index in [0.29, 0.717) is 11.3 Å². The normalized spacial score (nSPS) is 17.2. The SMILES string of the molecule is O=c1c2ccccc2c(-c2ccccc2)c2c3nc4cc(N5c6ccccc6C6C=CC=CC65)ccc4n3c3ccccc3n12. The maximum Gasteiger partial charge on any atom is 0.263 e. The van der Waals surface area contributed by atoms with Gasteiger partial charge in [0, 0.05) is 28.2 Å². The topological polar surface area (TPSA) is 42.0 Å². The molecule has 212 valence electrons. The van der Waals surface area contributed by atoms with Gasteiger partial charge in [-0.3, -0.25) is 13.6 Å². The van der Waals surface area contributed by atoms with Crippen LogP contribution in [0.2, 0.25) is 0 Å². The Hall–Kier alpha value is -5.94. The first kappa shape index (κ1) is 24.5. The van der Waals surface area contributed by atoms with E-state index in [1.807, 2.05) is 59.0 Å². The van der Waals surface area contributed by atoms with E-state index in [4.69, 9.17) is 4.98 Å². The summed E-state index contributed by atoms with van der Waals surface area (Å²) in [6, 6.07) is 42.0. The van der Waals surface area contributed by atoms with Crippen molar-refractivity contribution >= 4 is 55.4 Å². The zero-order valence-electron chi connectivity index (χ0n) is 24.2. The predicted molar refractivity (Wildman–Crippen MR) is 184 cm³/mol. The second-order valence-corrected chi connectivity index (χ2v) is 11.9. The van der Waals surface area contributed by atoms with Crippen molar-refractivity contribution in [3.8, 4) is 11.1 Å². The van der Waals surface area contributed by atoms with Crippen molar-refractivity contribution in [3.63, 3.8) is 0 Å². The molecule has 0 spiro atoms. The van der Waals surface area contributed by atoms with Gasteiger partial charge in [0.1, 0.15) is 5.52 Å². The Morgan fingerprint density at radius 1 is 0.622 bits per heavy atom. The van der Waals surface area contributed by atoms with Crippen molar-refractivity contribution in [3.05, 3.63) is 162 Å². The number of fused-ring (bicyclic) bond motifs is 12. The van der Waals surface area contributed by atoms with Gasteiger partial charge in [0.25, 0.3) is 5.56 Å². The van der Waals surface area contributed by atoms with E-state index in [9.17, 15) is 4.79 Å². The van der Waals surface area contributed by atoms with E-state index >= 15 is 0 Å². The van der Waals surface area contributed by atoms with E-state index in [1.165, 1.54) is 11.3 Å². The minimum absolute atomic E-state index is 0.0383. The highest BCUT2D eigenvalue weighted by Gasteiger charge is 2.37. The lowest BCUT2D eigenvalue weighted by Crippen LogP contribution is -2.28. The van der Waals surface area contributed by atoms with Crippen LogP contribution >= 0.6 is 0 Å². The van der Waals surface area contributed by atoms with Crippen molar-refractivity contribution in [2.75, 3.05) is 4.90 Å². The summed E-state index contributed by atoms with van der Waals surface area (Å²) < 4.78 is 4.11. The highest BCUT2D eigenvalue weighted by atomic mass is 16.1. The number of imidazole rings is 1. The largest absolute Gasteiger partial charge is 0.333 e. The van der Waals surface area contributed by atoms with Crippen LogP contribution in [0.15, 0.2) is 150 Å². The van der Waals surface area contributed by atoms with Gasteiger partial charge < -0.3 is 4.90 Å². The first-order valence-electron chi connectivity index (χ1n) is 15.4. The number of benzene rings is 5. The fourth-order valence-electron chi connectivity index (χ4n) is 7.74. The molecule has 0 amide bonds. The molecule has 0 saturated carbocycles. The summed E-state index contributed by atoms with van der Waals surface area (Å²) in [6.07, 6.45) is 8.90. The second kappa shape index (κ2) is 9.04. The van der Waals surface area contributed by atoms with Gasteiger partial charge in [0.2, 0.25) is 0 Å². The zero-order chi connectivity index (χ0) is 29.6. The van der Waals surface area contributed by atoms with Crippen molar-refractivity contribution in [2.24, 2.45) is 0 Å². The van der Waals surface area contributed by atoms with Crippen LogP contribution < -0.4 is 10.5 Å². The summed E-state index contributed by atoms with van der Waals surface area (Å²) in [5, 5.41) is 1.62. The summed E-state index contributed by atoms with van der Waals surface area (Å²) in [6.45, 7) is 0. The average Bonchev–Trinajstić information content (AvgIpc) is 3.65. The molecule has 2 unspecified atom stereocenters. The number of allylic oxidation sites excluding steroid dienone is 2. The molecule has 1 aliphatic carbocycles. The number of pyridine rings is 1. The van der Waals surface area contributed by atoms with E-state index < -0.39 is 0 Å². The molecule has 3 aromatic heterocycles. The highest BCUT2D eigenvalue weighted by Crippen LogP contribution is 2.48. The summed E-state index contributed by atoms with van der Waals surface area (Å²) in [5.41, 5.74) is 11.0. The lowest BCUT2D eigenvalue weighted by atomic mass is 9.91. The fourth-order valence-corrected chi connectivity index (χ4v) is 7.74. The second-order valence-electron chi connectivity index (χ2n) is 11.9. The van der Waals surface area contributed by atoms with Crippen LogP contribution in [0.25, 0.3) is 55.1 Å². The molecule has 1 aliphatic heterocycles. The molecule has 0 radical (unpaired) electrons. The van der Waals surface area contributed by atoms with Crippen LogP contribution in [0.4, 0.5) is 11.4 Å². The molecule has 2 atom stereocenters. The molecule has 5 nitrogen and oxygen atoms in total. The fraction of sp³-hybridized carbons (Fsp3) is 0.0500. The Kier molecular flexibility index (Phi) is 4.92. The minimum Gasteiger partial charge on any atom is -0.333 e. The smallest absolute Gasteiger partial charge is 0.263 e. The Morgan fingerprint density at radius 2 is 1.33 bits per heavy atom. The number of hydrogen-bond acceptors (Lipinski definition) is 3. The predicted octanol–water partition coefficient (Wildman–Crippen LogP) is 8.80. The molecule has 8 aromatic rings. The van der Waals surface area contributed by atoms with Gasteiger partial charge in [-0.25, -0.2) is 4.98 Å². The van der Waals surface area contributed by atoms with Gasteiger partial charge in [-0.05, 0) is 59.0 Å². The molecule has 4 heterocycles. The molecule has 0 saturated heterocycles. The van der Waals surface area contributed by atoms with Crippen LogP contribution in [0.5, 0.6) is 0 Å². The van der Waals surface area contributed by atoms with E-state index in [0.717, 1.165) is 55.4 Å². The van der Waals surface area contributed by atoms with Gasteiger partial charge >= 0.3 is 0 Å². The number of rotatable bonds is 2. The average molecular weight is 579 g/mol. The summed E-state index contributed by atoms with van der Waals surface area (Å²) >= 11 is 0. The van der Waals surface area contributed by atoms with Gasteiger partial charge in [0.15, 0.2) is 5.65 Å². The molecule has 0 N–H and O–H groups in total. The Morgan fingerprint density at radius 3 is 2.20 bits per heavy atom. The third-order valence-electron chi connectivity index (χ3n) is 9.60. The van der Waals surface area contributed by atoms with Crippen molar-refractivity contribution < 1.29 is 0 Å². The summed E-state index contributed by atoms with van der Waals surface area (Å²) in [4.78, 5) is 22.1. The maximum atomic E-state index is 14.3. The summed E-state index contributed by atoms with van der Waals surface area (Å²) in [7, 11) is 0.